The van der Waals surface area contributed by atoms with Gasteiger partial charge in [0.25, 0.3) is 0 Å². The fourth-order valence-electron chi connectivity index (χ4n) is 3.21. The van der Waals surface area contributed by atoms with Crippen molar-refractivity contribution in [2.24, 2.45) is 0 Å². The second kappa shape index (κ2) is 7.66. The molecule has 9 heteroatoms. The first kappa shape index (κ1) is 19.7. The Morgan fingerprint density at radius 1 is 1.17 bits per heavy atom. The molecule has 2 aromatic heterocycles. The van der Waals surface area contributed by atoms with Crippen molar-refractivity contribution in [3.8, 4) is 11.4 Å². The SMILES string of the molecule is Cc1cn(CC(=O)NCc2ccccc2)c2cc(-c3noc(C(F)(F)F)n3)ccc12. The molecular weight excluding hydrogens is 397 g/mol. The zero-order valence-electron chi connectivity index (χ0n) is 15.9. The average Bonchev–Trinajstić information content (AvgIpc) is 3.33. The maximum absolute atomic E-state index is 12.7. The molecule has 6 nitrogen and oxygen atoms in total. The summed E-state index contributed by atoms with van der Waals surface area (Å²) in [5.41, 5.74) is 2.99. The first-order valence-electron chi connectivity index (χ1n) is 9.12. The number of nitrogens with one attached hydrogen (secondary N) is 1. The largest absolute Gasteiger partial charge is 0.471 e. The molecule has 0 fully saturated rings. The molecule has 0 radical (unpaired) electrons. The van der Waals surface area contributed by atoms with E-state index in [0.717, 1.165) is 16.5 Å². The summed E-state index contributed by atoms with van der Waals surface area (Å²) in [5, 5.41) is 7.17. The van der Waals surface area contributed by atoms with Crippen LogP contribution in [0.4, 0.5) is 13.2 Å². The monoisotopic (exact) mass is 414 g/mol. The summed E-state index contributed by atoms with van der Waals surface area (Å²) in [6.07, 6.45) is -2.88. The molecule has 0 aliphatic rings. The highest BCUT2D eigenvalue weighted by Gasteiger charge is 2.38. The van der Waals surface area contributed by atoms with Crippen molar-refractivity contribution in [1.82, 2.24) is 20.0 Å². The van der Waals surface area contributed by atoms with Crippen molar-refractivity contribution in [3.05, 3.63) is 71.7 Å². The van der Waals surface area contributed by atoms with Gasteiger partial charge in [-0.05, 0) is 24.1 Å². The van der Waals surface area contributed by atoms with Gasteiger partial charge in [0.2, 0.25) is 11.7 Å². The van der Waals surface area contributed by atoms with E-state index in [1.165, 1.54) is 0 Å². The Kier molecular flexibility index (Phi) is 5.03. The van der Waals surface area contributed by atoms with E-state index in [1.54, 1.807) is 22.8 Å². The number of benzene rings is 2. The lowest BCUT2D eigenvalue weighted by atomic mass is 10.1. The van der Waals surface area contributed by atoms with Crippen LogP contribution < -0.4 is 5.32 Å². The van der Waals surface area contributed by atoms with Gasteiger partial charge in [0.15, 0.2) is 0 Å². The minimum Gasteiger partial charge on any atom is -0.350 e. The molecule has 0 unspecified atom stereocenters. The van der Waals surface area contributed by atoms with Gasteiger partial charge in [0.1, 0.15) is 6.54 Å². The van der Waals surface area contributed by atoms with Crippen LogP contribution in [0, 0.1) is 6.92 Å². The summed E-state index contributed by atoms with van der Waals surface area (Å²) in [6, 6.07) is 14.6. The number of alkyl halides is 3. The lowest BCUT2D eigenvalue weighted by Crippen LogP contribution is -2.26. The summed E-state index contributed by atoms with van der Waals surface area (Å²) in [4.78, 5) is 15.8. The van der Waals surface area contributed by atoms with Crippen LogP contribution in [0.2, 0.25) is 0 Å². The van der Waals surface area contributed by atoms with Gasteiger partial charge in [0, 0.05) is 29.2 Å². The quantitative estimate of drug-likeness (QED) is 0.528. The van der Waals surface area contributed by atoms with Crippen LogP contribution in [0.15, 0.2) is 59.3 Å². The van der Waals surface area contributed by atoms with Gasteiger partial charge < -0.3 is 14.4 Å². The number of aromatic nitrogens is 3. The lowest BCUT2D eigenvalue weighted by molar-refractivity contribution is -0.159. The minimum atomic E-state index is -4.71. The van der Waals surface area contributed by atoms with Gasteiger partial charge in [0.05, 0.1) is 0 Å². The molecule has 0 atom stereocenters. The molecule has 4 aromatic rings. The Morgan fingerprint density at radius 3 is 2.63 bits per heavy atom. The number of hydrogen-bond donors (Lipinski definition) is 1. The summed E-state index contributed by atoms with van der Waals surface area (Å²) >= 11 is 0. The summed E-state index contributed by atoms with van der Waals surface area (Å²) in [7, 11) is 0. The number of fused-ring (bicyclic) bond motifs is 1. The fraction of sp³-hybridized carbons (Fsp3) is 0.190. The Hall–Kier alpha value is -3.62. The first-order chi connectivity index (χ1) is 14.3. The number of amides is 1. The molecule has 1 amide bonds. The van der Waals surface area contributed by atoms with Gasteiger partial charge in [-0.15, -0.1) is 0 Å². The maximum Gasteiger partial charge on any atom is 0.471 e. The Morgan fingerprint density at radius 2 is 1.93 bits per heavy atom. The third-order valence-corrected chi connectivity index (χ3v) is 4.65. The zero-order valence-corrected chi connectivity index (χ0v) is 15.9. The second-order valence-electron chi connectivity index (χ2n) is 6.86. The Balaban J connectivity index is 1.57. The normalized spacial score (nSPS) is 11.7. The smallest absolute Gasteiger partial charge is 0.350 e. The van der Waals surface area contributed by atoms with Gasteiger partial charge in [-0.3, -0.25) is 4.79 Å². The highest BCUT2D eigenvalue weighted by atomic mass is 19.4. The second-order valence-corrected chi connectivity index (χ2v) is 6.86. The van der Waals surface area contributed by atoms with Crippen LogP contribution >= 0.6 is 0 Å². The summed E-state index contributed by atoms with van der Waals surface area (Å²) in [5.74, 6) is -1.74. The highest BCUT2D eigenvalue weighted by molar-refractivity contribution is 5.89. The number of aryl methyl sites for hydroxylation is 1. The Labute approximate surface area is 169 Å². The molecule has 2 aromatic carbocycles. The van der Waals surface area contributed by atoms with Crippen LogP contribution in [0.1, 0.15) is 17.0 Å². The van der Waals surface area contributed by atoms with E-state index in [1.807, 2.05) is 43.5 Å². The van der Waals surface area contributed by atoms with E-state index in [4.69, 9.17) is 0 Å². The number of carbonyl (C=O) groups is 1. The van der Waals surface area contributed by atoms with Gasteiger partial charge in [-0.2, -0.15) is 18.2 Å². The Bertz CT molecular complexity index is 1200. The maximum atomic E-state index is 12.7. The third kappa shape index (κ3) is 4.05. The molecule has 0 saturated carbocycles. The van der Waals surface area contributed by atoms with Crippen LogP contribution in [-0.4, -0.2) is 20.6 Å². The minimum absolute atomic E-state index is 0.0701. The van der Waals surface area contributed by atoms with Gasteiger partial charge >= 0.3 is 12.1 Å². The molecule has 0 saturated heterocycles. The van der Waals surface area contributed by atoms with Crippen molar-refractivity contribution in [3.63, 3.8) is 0 Å². The van der Waals surface area contributed by atoms with E-state index < -0.39 is 12.1 Å². The van der Waals surface area contributed by atoms with Crippen molar-refractivity contribution >= 4 is 16.8 Å². The van der Waals surface area contributed by atoms with Gasteiger partial charge in [-0.1, -0.05) is 47.6 Å². The first-order valence-corrected chi connectivity index (χ1v) is 9.12. The summed E-state index contributed by atoms with van der Waals surface area (Å²) < 4.78 is 44.3. The highest BCUT2D eigenvalue weighted by Crippen LogP contribution is 2.31. The zero-order chi connectivity index (χ0) is 21.3. The van der Waals surface area contributed by atoms with Crippen LogP contribution in [0.5, 0.6) is 0 Å². The van der Waals surface area contributed by atoms with E-state index in [9.17, 15) is 18.0 Å². The lowest BCUT2D eigenvalue weighted by Gasteiger charge is -2.08. The number of rotatable bonds is 5. The van der Waals surface area contributed by atoms with Crippen LogP contribution in [0.25, 0.3) is 22.3 Å². The molecule has 0 aliphatic heterocycles. The predicted octanol–water partition coefficient (Wildman–Crippen LogP) is 4.33. The molecule has 1 N–H and O–H groups in total. The van der Waals surface area contributed by atoms with E-state index in [2.05, 4.69) is 20.0 Å². The van der Waals surface area contributed by atoms with Gasteiger partial charge in [-0.25, -0.2) is 0 Å². The number of nitrogens with zero attached hydrogens (tertiary/aromatic N) is 3. The molecule has 2 heterocycles. The predicted molar refractivity (Wildman–Crippen MR) is 103 cm³/mol. The molecule has 0 spiro atoms. The standard InChI is InChI=1S/C21H17F3N4O2/c1-13-11-28(12-18(29)25-10-14-5-3-2-4-6-14)17-9-15(7-8-16(13)17)19-26-20(30-27-19)21(22,23)24/h2-9,11H,10,12H2,1H3,(H,25,29). The van der Waals surface area contributed by atoms with Crippen LogP contribution in [-0.2, 0) is 24.1 Å². The average molecular weight is 414 g/mol. The van der Waals surface area contributed by atoms with Crippen molar-refractivity contribution in [1.29, 1.82) is 0 Å². The van der Waals surface area contributed by atoms with E-state index in [-0.39, 0.29) is 18.3 Å². The molecule has 0 bridgehead atoms. The number of halogens is 3. The fourth-order valence-corrected chi connectivity index (χ4v) is 3.21. The van der Waals surface area contributed by atoms with E-state index in [0.29, 0.717) is 17.6 Å². The van der Waals surface area contributed by atoms with E-state index >= 15 is 0 Å². The topological polar surface area (TPSA) is 73.0 Å². The van der Waals surface area contributed by atoms with Crippen LogP contribution in [0.3, 0.4) is 0 Å². The van der Waals surface area contributed by atoms with Crippen molar-refractivity contribution in [2.45, 2.75) is 26.2 Å². The number of hydrogen-bond acceptors (Lipinski definition) is 4. The van der Waals surface area contributed by atoms with Crippen molar-refractivity contribution < 1.29 is 22.5 Å². The summed E-state index contributed by atoms with van der Waals surface area (Å²) in [6.45, 7) is 2.38. The molecule has 30 heavy (non-hydrogen) atoms. The molecular formula is C21H17F3N4O2. The molecule has 154 valence electrons. The number of carbonyl (C=O) groups excluding carboxylic acids is 1. The van der Waals surface area contributed by atoms with Crippen molar-refractivity contribution in [2.75, 3.05) is 0 Å². The molecule has 0 aliphatic carbocycles. The molecule has 4 rings (SSSR count). The third-order valence-electron chi connectivity index (χ3n) is 4.65.